The van der Waals surface area contributed by atoms with Crippen molar-refractivity contribution in [3.63, 3.8) is 0 Å². The second-order valence-electron chi connectivity index (χ2n) is 28.9. The molecule has 0 saturated heterocycles. The Labute approximate surface area is 560 Å². The first-order valence-electron chi connectivity index (χ1n) is 35.5. The van der Waals surface area contributed by atoms with Gasteiger partial charge >= 0.3 is 0 Å². The third-order valence-electron chi connectivity index (χ3n) is 19.7. The van der Waals surface area contributed by atoms with E-state index in [0.717, 1.165) is 54.8 Å². The summed E-state index contributed by atoms with van der Waals surface area (Å²) in [4.78, 5) is 0. The lowest BCUT2D eigenvalue weighted by molar-refractivity contribution is 0.201. The summed E-state index contributed by atoms with van der Waals surface area (Å²) in [6, 6.07) is 78.6. The summed E-state index contributed by atoms with van der Waals surface area (Å²) in [5.41, 5.74) is 21.5. The average molecular weight is 1220 g/mol. The van der Waals surface area contributed by atoms with Crippen molar-refractivity contribution in [2.24, 2.45) is 35.5 Å². The third-order valence-corrected chi connectivity index (χ3v) is 19.7. The molecular formula is C92H116. The fourth-order valence-corrected chi connectivity index (χ4v) is 13.1. The predicted molar refractivity (Wildman–Crippen MR) is 406 cm³/mol. The minimum Gasteiger partial charge on any atom is -0.0625 e. The van der Waals surface area contributed by atoms with Crippen LogP contribution in [0.4, 0.5) is 0 Å². The molecule has 3 aliphatic rings. The first-order valence-corrected chi connectivity index (χ1v) is 35.5. The summed E-state index contributed by atoms with van der Waals surface area (Å²) in [6.45, 7) is 30.8. The third kappa shape index (κ3) is 26.4. The Morgan fingerprint density at radius 3 is 0.685 bits per heavy atom. The molecule has 3 saturated carbocycles. The molecule has 0 heterocycles. The van der Waals surface area contributed by atoms with Gasteiger partial charge in [0.15, 0.2) is 0 Å². The van der Waals surface area contributed by atoms with E-state index in [1.165, 1.54) is 188 Å². The van der Waals surface area contributed by atoms with Gasteiger partial charge < -0.3 is 0 Å². The van der Waals surface area contributed by atoms with E-state index in [2.05, 4.69) is 315 Å². The predicted octanol–water partition coefficient (Wildman–Crippen LogP) is 26.5. The van der Waals surface area contributed by atoms with E-state index in [1.807, 2.05) is 0 Å². The summed E-state index contributed by atoms with van der Waals surface area (Å²) in [6.07, 6.45) is 22.7. The normalized spacial score (nSPS) is 18.2. The maximum Gasteiger partial charge on any atom is -0.00258 e. The van der Waals surface area contributed by atoms with Gasteiger partial charge in [-0.05, 0) is 196 Å². The Morgan fingerprint density at radius 1 is 0.228 bits per heavy atom. The van der Waals surface area contributed by atoms with Gasteiger partial charge in [0.25, 0.3) is 0 Å². The molecule has 0 N–H and O–H groups in total. The summed E-state index contributed by atoms with van der Waals surface area (Å²) >= 11 is 0. The van der Waals surface area contributed by atoms with E-state index in [1.54, 1.807) is 6.42 Å². The maximum absolute atomic E-state index is 2.43. The number of rotatable bonds is 8. The van der Waals surface area contributed by atoms with Crippen LogP contribution < -0.4 is 0 Å². The fraction of sp³-hybridized carbons (Fsp3) is 0.391. The summed E-state index contributed by atoms with van der Waals surface area (Å²) in [7, 11) is 0. The van der Waals surface area contributed by atoms with Gasteiger partial charge in [-0.2, -0.15) is 0 Å². The molecule has 484 valence electrons. The van der Waals surface area contributed by atoms with Crippen LogP contribution in [0.15, 0.2) is 218 Å². The molecule has 0 amide bonds. The Bertz CT molecular complexity index is 3400. The molecule has 10 aromatic rings. The largest absolute Gasteiger partial charge is 0.0625 e. The minimum absolute atomic E-state index is 1.01. The summed E-state index contributed by atoms with van der Waals surface area (Å²) in [5.74, 6) is 6.27. The van der Waals surface area contributed by atoms with Gasteiger partial charge in [-0.1, -0.05) is 368 Å². The van der Waals surface area contributed by atoms with Gasteiger partial charge in [0.05, 0.1) is 0 Å². The van der Waals surface area contributed by atoms with Crippen molar-refractivity contribution >= 4 is 21.5 Å². The molecule has 13 rings (SSSR count). The van der Waals surface area contributed by atoms with Crippen molar-refractivity contribution in [2.75, 3.05) is 0 Å². The van der Waals surface area contributed by atoms with Crippen molar-refractivity contribution in [2.45, 2.75) is 200 Å². The molecule has 92 heavy (non-hydrogen) atoms. The molecule has 0 spiro atoms. The second-order valence-corrected chi connectivity index (χ2v) is 28.9. The van der Waals surface area contributed by atoms with E-state index in [-0.39, 0.29) is 0 Å². The van der Waals surface area contributed by atoms with Crippen molar-refractivity contribution in [1.82, 2.24) is 0 Å². The zero-order chi connectivity index (χ0) is 65.8. The monoisotopic (exact) mass is 1220 g/mol. The molecule has 0 radical (unpaired) electrons. The van der Waals surface area contributed by atoms with Crippen molar-refractivity contribution < 1.29 is 0 Å². The van der Waals surface area contributed by atoms with Gasteiger partial charge in [-0.25, -0.2) is 0 Å². The topological polar surface area (TPSA) is 0 Å². The van der Waals surface area contributed by atoms with Crippen LogP contribution in [0.25, 0.3) is 21.5 Å². The van der Waals surface area contributed by atoms with Gasteiger partial charge in [0, 0.05) is 0 Å². The van der Waals surface area contributed by atoms with E-state index < -0.39 is 0 Å². The number of aryl methyl sites for hydroxylation is 10. The highest BCUT2D eigenvalue weighted by atomic mass is 14.3. The molecule has 0 nitrogen and oxygen atoms in total. The van der Waals surface area contributed by atoms with E-state index in [0.29, 0.717) is 0 Å². The molecule has 0 heteroatoms. The Hall–Kier alpha value is -7.28. The quantitative estimate of drug-likeness (QED) is 0.142. The highest BCUT2D eigenvalue weighted by Crippen LogP contribution is 2.38. The van der Waals surface area contributed by atoms with Crippen LogP contribution in [-0.2, 0) is 19.3 Å². The Kier molecular flexibility index (Phi) is 29.8. The van der Waals surface area contributed by atoms with Crippen molar-refractivity contribution in [3.8, 4) is 0 Å². The first-order chi connectivity index (χ1) is 44.3. The molecular weight excluding hydrogens is 1110 g/mol. The fourth-order valence-electron chi connectivity index (χ4n) is 13.1. The van der Waals surface area contributed by atoms with E-state index in [4.69, 9.17) is 0 Å². The lowest BCUT2D eigenvalue weighted by Crippen LogP contribution is -2.19. The lowest BCUT2D eigenvalue weighted by Gasteiger charge is -2.32. The number of hydrogen-bond donors (Lipinski definition) is 0. The molecule has 0 atom stereocenters. The van der Waals surface area contributed by atoms with Crippen LogP contribution in [0.5, 0.6) is 0 Å². The van der Waals surface area contributed by atoms with Crippen LogP contribution in [-0.4, -0.2) is 0 Å². The average Bonchev–Trinajstić information content (AvgIpc) is 1.79. The number of fused-ring (bicyclic) bond motifs is 2. The Morgan fingerprint density at radius 2 is 0.435 bits per heavy atom. The van der Waals surface area contributed by atoms with Gasteiger partial charge in [0.2, 0.25) is 0 Å². The number of hydrogen-bond acceptors (Lipinski definition) is 0. The van der Waals surface area contributed by atoms with Crippen LogP contribution in [0.3, 0.4) is 0 Å². The highest BCUT2D eigenvalue weighted by molar-refractivity contribution is 5.88. The zero-order valence-electron chi connectivity index (χ0n) is 59.6. The van der Waals surface area contributed by atoms with Gasteiger partial charge in [-0.3, -0.25) is 0 Å². The summed E-state index contributed by atoms with van der Waals surface area (Å²) in [5, 5.41) is 5.41. The van der Waals surface area contributed by atoms with Crippen LogP contribution >= 0.6 is 0 Å². The number of benzene rings is 10. The summed E-state index contributed by atoms with van der Waals surface area (Å²) < 4.78 is 0. The van der Waals surface area contributed by atoms with Crippen molar-refractivity contribution in [3.05, 3.63) is 307 Å². The Balaban J connectivity index is 0.000000156. The first kappa shape index (κ1) is 72.2. The molecule has 3 fully saturated rings. The molecule has 0 unspecified atom stereocenters. The minimum atomic E-state index is 1.01. The maximum atomic E-state index is 2.43. The smallest absolute Gasteiger partial charge is 0.00258 e. The van der Waals surface area contributed by atoms with Crippen LogP contribution in [0, 0.1) is 105 Å². The van der Waals surface area contributed by atoms with E-state index in [9.17, 15) is 0 Å². The lowest BCUT2D eigenvalue weighted by atomic mass is 9.74. The van der Waals surface area contributed by atoms with Gasteiger partial charge in [0.1, 0.15) is 0 Å². The SMILES string of the molecule is CC1CCC(C)CC1.CC1CCC(CC2CCC(C)CC2)CC1.Cc1ccc(C)c2ccccc12.Cc1ccc(C)cc1.Cc1ccc(Cc2ccc(C)cc2)cc1.Cc1ccc(Cc2ccc(Cc3ccc(C)cc3)cc2)cc1.Cc1ccc2cc(C)ccc2c1. The molecule has 10 aromatic carbocycles. The molecule has 0 bridgehead atoms. The molecule has 0 aliphatic heterocycles. The standard InChI is InChI=1S/C22H22.C15H28.C15H16.2C12H12.C8H16.C8H10/c1-17-3-7-19(8-4-17)15-21-11-13-22(14-12-21)16-20-9-5-18(2)6-10-20;2*1-12-3-7-14(8-4-12)11-15-9-5-13(2)6-10-15;1-9-3-5-12-8-10(2)4-6-11(12)7-9;1-9-7-8-10(2)12-6-4-3-5-11(9)12;2*1-7-3-5-8(2)6-4-7/h3-14H,15-16H2,1-2H3;12-15H,3-11H2,1-2H3;3-10H,11H2,1-2H3;2*3-8H,1-2H3;7-8H,3-6H2,1-2H3;3-6H,1-2H3. The van der Waals surface area contributed by atoms with E-state index >= 15 is 0 Å². The van der Waals surface area contributed by atoms with Crippen molar-refractivity contribution in [1.29, 1.82) is 0 Å². The van der Waals surface area contributed by atoms with Gasteiger partial charge in [-0.15, -0.1) is 0 Å². The molecule has 3 aliphatic carbocycles. The molecule has 0 aromatic heterocycles. The van der Waals surface area contributed by atoms with Crippen LogP contribution in [0.1, 0.15) is 200 Å². The highest BCUT2D eigenvalue weighted by Gasteiger charge is 2.24. The zero-order valence-corrected chi connectivity index (χ0v) is 59.6. The second kappa shape index (κ2) is 38.0. The van der Waals surface area contributed by atoms with Crippen LogP contribution in [0.2, 0.25) is 0 Å².